The van der Waals surface area contributed by atoms with Gasteiger partial charge in [-0.25, -0.2) is 4.72 Å². The summed E-state index contributed by atoms with van der Waals surface area (Å²) in [6.45, 7) is 0. The zero-order chi connectivity index (χ0) is 9.19. The lowest BCUT2D eigenvalue weighted by Gasteiger charge is -1.95. The number of halogens is 1. The SMILES string of the molecule is O=C(NS(=O)(=O)Cl)c1ccco1. The van der Waals surface area contributed by atoms with E-state index in [1.54, 1.807) is 0 Å². The zero-order valence-corrected chi connectivity index (χ0v) is 7.22. The van der Waals surface area contributed by atoms with Crippen molar-refractivity contribution in [3.8, 4) is 0 Å². The van der Waals surface area contributed by atoms with Gasteiger partial charge < -0.3 is 4.42 Å². The van der Waals surface area contributed by atoms with E-state index in [0.717, 1.165) is 0 Å². The first-order chi connectivity index (χ1) is 5.49. The van der Waals surface area contributed by atoms with Gasteiger partial charge in [-0.1, -0.05) is 0 Å². The molecule has 0 saturated carbocycles. The van der Waals surface area contributed by atoms with Crippen LogP contribution in [-0.2, 0) is 9.24 Å². The van der Waals surface area contributed by atoms with E-state index in [2.05, 4.69) is 4.42 Å². The third kappa shape index (κ3) is 2.55. The molecule has 1 heterocycles. The molecule has 0 saturated heterocycles. The molecular formula is C5H4ClNO4S. The summed E-state index contributed by atoms with van der Waals surface area (Å²) in [5.41, 5.74) is 0. The van der Waals surface area contributed by atoms with Crippen LogP contribution in [0.4, 0.5) is 0 Å². The molecule has 0 atom stereocenters. The first-order valence-electron chi connectivity index (χ1n) is 2.79. The van der Waals surface area contributed by atoms with Crippen LogP contribution in [0.2, 0.25) is 0 Å². The van der Waals surface area contributed by atoms with Crippen molar-refractivity contribution in [3.05, 3.63) is 24.2 Å². The lowest BCUT2D eigenvalue weighted by atomic mass is 10.4. The highest BCUT2D eigenvalue weighted by Gasteiger charge is 2.14. The van der Waals surface area contributed by atoms with Crippen molar-refractivity contribution >= 4 is 25.8 Å². The first-order valence-corrected chi connectivity index (χ1v) is 5.10. The fourth-order valence-corrected chi connectivity index (χ4v) is 1.10. The van der Waals surface area contributed by atoms with Crippen LogP contribution >= 0.6 is 10.7 Å². The molecule has 5 nitrogen and oxygen atoms in total. The van der Waals surface area contributed by atoms with Crippen molar-refractivity contribution in [2.75, 3.05) is 0 Å². The molecule has 1 aromatic rings. The van der Waals surface area contributed by atoms with Gasteiger partial charge >= 0.3 is 15.1 Å². The van der Waals surface area contributed by atoms with Gasteiger partial charge in [-0.15, -0.1) is 0 Å². The van der Waals surface area contributed by atoms with Gasteiger partial charge in [-0.05, 0) is 12.1 Å². The molecule has 0 aromatic carbocycles. The first kappa shape index (κ1) is 9.08. The summed E-state index contributed by atoms with van der Waals surface area (Å²) < 4.78 is 26.8. The standard InChI is InChI=1S/C5H4ClNO4S/c6-12(9,10)7-5(8)4-2-1-3-11-4/h1-3H,(H,7,8). The highest BCUT2D eigenvalue weighted by atomic mass is 35.7. The van der Waals surface area contributed by atoms with Crippen LogP contribution in [0.5, 0.6) is 0 Å². The molecular weight excluding hydrogens is 206 g/mol. The smallest absolute Gasteiger partial charge is 0.321 e. The topological polar surface area (TPSA) is 76.4 Å². The molecule has 0 radical (unpaired) electrons. The third-order valence-corrected chi connectivity index (χ3v) is 1.62. The molecule has 66 valence electrons. The Bertz CT molecular complexity index is 368. The maximum absolute atomic E-state index is 10.9. The highest BCUT2D eigenvalue weighted by Crippen LogP contribution is 2.01. The van der Waals surface area contributed by atoms with Gasteiger partial charge in [0.25, 0.3) is 0 Å². The van der Waals surface area contributed by atoms with E-state index in [0.29, 0.717) is 0 Å². The second-order valence-electron chi connectivity index (χ2n) is 1.85. The van der Waals surface area contributed by atoms with Gasteiger partial charge in [0.2, 0.25) is 0 Å². The van der Waals surface area contributed by atoms with Crippen molar-refractivity contribution in [1.29, 1.82) is 0 Å². The molecule has 1 aromatic heterocycles. The Balaban J connectivity index is 2.76. The van der Waals surface area contributed by atoms with Crippen LogP contribution in [0.15, 0.2) is 22.8 Å². The molecule has 0 aliphatic rings. The zero-order valence-electron chi connectivity index (χ0n) is 5.65. The van der Waals surface area contributed by atoms with Crippen LogP contribution in [-0.4, -0.2) is 14.3 Å². The number of carbonyl (C=O) groups is 1. The minimum Gasteiger partial charge on any atom is -0.459 e. The maximum Gasteiger partial charge on any atom is 0.321 e. The predicted molar refractivity (Wildman–Crippen MR) is 40.9 cm³/mol. The normalized spacial score (nSPS) is 11.1. The van der Waals surface area contributed by atoms with Gasteiger partial charge in [0, 0.05) is 10.7 Å². The Morgan fingerprint density at radius 2 is 2.25 bits per heavy atom. The summed E-state index contributed by atoms with van der Waals surface area (Å²) in [5, 5.41) is 0. The molecule has 1 amide bonds. The molecule has 0 spiro atoms. The second kappa shape index (κ2) is 3.16. The van der Waals surface area contributed by atoms with E-state index in [1.165, 1.54) is 23.1 Å². The van der Waals surface area contributed by atoms with Crippen molar-refractivity contribution in [2.45, 2.75) is 0 Å². The Morgan fingerprint density at radius 3 is 2.67 bits per heavy atom. The quantitative estimate of drug-likeness (QED) is 0.720. The van der Waals surface area contributed by atoms with Gasteiger partial charge in [0.05, 0.1) is 6.26 Å². The molecule has 7 heteroatoms. The van der Waals surface area contributed by atoms with Crippen molar-refractivity contribution in [2.24, 2.45) is 0 Å². The van der Waals surface area contributed by atoms with Gasteiger partial charge in [0.15, 0.2) is 5.76 Å². The van der Waals surface area contributed by atoms with Crippen LogP contribution in [0, 0.1) is 0 Å². The summed E-state index contributed by atoms with van der Waals surface area (Å²) >= 11 is 0. The maximum atomic E-state index is 10.9. The second-order valence-corrected chi connectivity index (χ2v) is 4.14. The lowest BCUT2D eigenvalue weighted by molar-refractivity contribution is 0.0955. The van der Waals surface area contributed by atoms with E-state index in [-0.39, 0.29) is 5.76 Å². The van der Waals surface area contributed by atoms with Gasteiger partial charge in [-0.2, -0.15) is 8.42 Å². The minimum atomic E-state index is -4.04. The predicted octanol–water partition coefficient (Wildman–Crippen LogP) is 0.493. The summed E-state index contributed by atoms with van der Waals surface area (Å²) in [5.74, 6) is -1.01. The molecule has 0 bridgehead atoms. The molecule has 1 N–H and O–H groups in total. The largest absolute Gasteiger partial charge is 0.459 e. The average molecular weight is 210 g/mol. The summed E-state index contributed by atoms with van der Waals surface area (Å²) in [4.78, 5) is 10.9. The van der Waals surface area contributed by atoms with Crippen LogP contribution in [0.25, 0.3) is 0 Å². The summed E-state index contributed by atoms with van der Waals surface area (Å²) in [6.07, 6.45) is 1.25. The summed E-state index contributed by atoms with van der Waals surface area (Å²) in [6, 6.07) is 2.77. The Kier molecular flexibility index (Phi) is 2.39. The number of hydrogen-bond donors (Lipinski definition) is 1. The molecule has 0 unspecified atom stereocenters. The Morgan fingerprint density at radius 1 is 1.58 bits per heavy atom. The van der Waals surface area contributed by atoms with Crippen molar-refractivity contribution in [3.63, 3.8) is 0 Å². The van der Waals surface area contributed by atoms with E-state index in [4.69, 9.17) is 10.7 Å². The highest BCUT2D eigenvalue weighted by molar-refractivity contribution is 8.12. The number of rotatable bonds is 2. The van der Waals surface area contributed by atoms with Gasteiger partial charge in [0.1, 0.15) is 0 Å². The van der Waals surface area contributed by atoms with E-state index in [9.17, 15) is 13.2 Å². The number of nitrogens with one attached hydrogen (secondary N) is 1. The van der Waals surface area contributed by atoms with E-state index >= 15 is 0 Å². The third-order valence-electron chi connectivity index (χ3n) is 0.960. The number of carbonyl (C=O) groups excluding carboxylic acids is 1. The fraction of sp³-hybridized carbons (Fsp3) is 0. The minimum absolute atomic E-state index is 0.112. The molecule has 0 fully saturated rings. The van der Waals surface area contributed by atoms with E-state index in [1.807, 2.05) is 0 Å². The molecule has 0 aliphatic heterocycles. The van der Waals surface area contributed by atoms with Crippen molar-refractivity contribution < 1.29 is 17.6 Å². The van der Waals surface area contributed by atoms with Gasteiger partial charge in [-0.3, -0.25) is 4.79 Å². The van der Waals surface area contributed by atoms with Crippen molar-refractivity contribution in [1.82, 2.24) is 4.72 Å². The fourth-order valence-electron chi connectivity index (χ4n) is 0.569. The van der Waals surface area contributed by atoms with E-state index < -0.39 is 15.1 Å². The lowest BCUT2D eigenvalue weighted by Crippen LogP contribution is -2.25. The molecule has 0 aliphatic carbocycles. The molecule has 12 heavy (non-hydrogen) atoms. The van der Waals surface area contributed by atoms with Crippen LogP contribution in [0.1, 0.15) is 10.6 Å². The number of hydrogen-bond acceptors (Lipinski definition) is 4. The number of amides is 1. The monoisotopic (exact) mass is 209 g/mol. The van der Waals surface area contributed by atoms with Crippen LogP contribution < -0.4 is 4.72 Å². The number of furan rings is 1. The summed E-state index contributed by atoms with van der Waals surface area (Å²) in [7, 11) is 0.707. The Labute approximate surface area is 72.9 Å². The van der Waals surface area contributed by atoms with Crippen LogP contribution in [0.3, 0.4) is 0 Å². The average Bonchev–Trinajstić information content (AvgIpc) is 2.32. The Hall–Kier alpha value is -1.01. The molecule has 1 rings (SSSR count).